The van der Waals surface area contributed by atoms with E-state index in [0.717, 1.165) is 25.9 Å². The fourth-order valence-electron chi connectivity index (χ4n) is 3.55. The third kappa shape index (κ3) is 1.73. The maximum absolute atomic E-state index is 12.5. The Labute approximate surface area is 97.1 Å². The van der Waals surface area contributed by atoms with Gasteiger partial charge in [0.05, 0.1) is 18.6 Å². The Bertz CT molecular complexity index is 308. The Hall–Kier alpha value is -0.630. The molecule has 1 saturated carbocycles. The average Bonchev–Trinajstić information content (AvgIpc) is 2.49. The van der Waals surface area contributed by atoms with Crippen LogP contribution in [0.4, 0.5) is 0 Å². The van der Waals surface area contributed by atoms with E-state index in [2.05, 4.69) is 12.2 Å². The Morgan fingerprint density at radius 1 is 1.19 bits per heavy atom. The monoisotopic (exact) mass is 220 g/mol. The first kappa shape index (κ1) is 10.5. The molecule has 0 radical (unpaired) electrons. The van der Waals surface area contributed by atoms with E-state index < -0.39 is 0 Å². The molecule has 3 aliphatic rings. The molecule has 3 rings (SSSR count). The summed E-state index contributed by atoms with van der Waals surface area (Å²) in [7, 11) is 0. The van der Waals surface area contributed by atoms with Crippen LogP contribution in [0.5, 0.6) is 0 Å². The van der Waals surface area contributed by atoms with Gasteiger partial charge in [-0.25, -0.2) is 0 Å². The summed E-state index contributed by atoms with van der Waals surface area (Å²) in [6, 6.07) is 0. The molecule has 1 heterocycles. The molecule has 0 aromatic heterocycles. The number of ketones is 1. The van der Waals surface area contributed by atoms with Crippen LogP contribution >= 0.6 is 0 Å². The molecule has 1 aliphatic heterocycles. The lowest BCUT2D eigenvalue weighted by Gasteiger charge is -2.29. The number of allylic oxidation sites excluding steroid dienone is 1. The standard InChI is InChI=1S/C14H20O2/c15-14-11-6-2-1-5-10(11)9-16-13-8-4-3-7-12(13)14/h3,7,10-13H,1-2,4-6,8-9H2. The molecule has 0 aromatic rings. The van der Waals surface area contributed by atoms with Crippen molar-refractivity contribution in [3.05, 3.63) is 12.2 Å². The predicted octanol–water partition coefficient (Wildman–Crippen LogP) is 2.73. The van der Waals surface area contributed by atoms with Crippen LogP contribution in [0.25, 0.3) is 0 Å². The van der Waals surface area contributed by atoms with Gasteiger partial charge in [-0.2, -0.15) is 0 Å². The maximum atomic E-state index is 12.5. The zero-order valence-electron chi connectivity index (χ0n) is 9.73. The van der Waals surface area contributed by atoms with Gasteiger partial charge in [0.1, 0.15) is 5.78 Å². The first-order valence-corrected chi connectivity index (χ1v) is 6.68. The van der Waals surface area contributed by atoms with Gasteiger partial charge in [-0.1, -0.05) is 25.0 Å². The molecule has 0 spiro atoms. The van der Waals surface area contributed by atoms with Gasteiger partial charge in [-0.15, -0.1) is 0 Å². The third-order valence-electron chi connectivity index (χ3n) is 4.49. The second kappa shape index (κ2) is 4.33. The zero-order valence-corrected chi connectivity index (χ0v) is 9.73. The van der Waals surface area contributed by atoms with Crippen molar-refractivity contribution in [2.24, 2.45) is 17.8 Å². The van der Waals surface area contributed by atoms with E-state index in [-0.39, 0.29) is 12.0 Å². The highest BCUT2D eigenvalue weighted by molar-refractivity contribution is 5.86. The summed E-state index contributed by atoms with van der Waals surface area (Å²) < 4.78 is 5.97. The van der Waals surface area contributed by atoms with Crippen LogP contribution in [0.2, 0.25) is 0 Å². The molecule has 2 heteroatoms. The van der Waals surface area contributed by atoms with Crippen molar-refractivity contribution in [2.75, 3.05) is 6.61 Å². The molecule has 4 unspecified atom stereocenters. The molecule has 0 bridgehead atoms. The van der Waals surface area contributed by atoms with Crippen LogP contribution in [0, 0.1) is 17.8 Å². The van der Waals surface area contributed by atoms with Gasteiger partial charge >= 0.3 is 0 Å². The van der Waals surface area contributed by atoms with Gasteiger partial charge in [-0.3, -0.25) is 4.79 Å². The van der Waals surface area contributed by atoms with Crippen LogP contribution in [-0.4, -0.2) is 18.5 Å². The number of hydrogen-bond acceptors (Lipinski definition) is 2. The van der Waals surface area contributed by atoms with Crippen molar-refractivity contribution in [2.45, 2.75) is 44.6 Å². The highest BCUT2D eigenvalue weighted by Crippen LogP contribution is 2.38. The lowest BCUT2D eigenvalue weighted by molar-refractivity contribution is -0.128. The van der Waals surface area contributed by atoms with Crippen molar-refractivity contribution in [1.29, 1.82) is 0 Å². The van der Waals surface area contributed by atoms with E-state index in [1.165, 1.54) is 19.3 Å². The lowest BCUT2D eigenvalue weighted by Crippen LogP contribution is -2.33. The summed E-state index contributed by atoms with van der Waals surface area (Å²) in [6.45, 7) is 0.825. The Morgan fingerprint density at radius 2 is 2.06 bits per heavy atom. The predicted molar refractivity (Wildman–Crippen MR) is 62.1 cm³/mol. The number of ether oxygens (including phenoxy) is 1. The van der Waals surface area contributed by atoms with Crippen molar-refractivity contribution in [1.82, 2.24) is 0 Å². The molecular weight excluding hydrogens is 200 g/mol. The van der Waals surface area contributed by atoms with E-state index in [1.54, 1.807) is 0 Å². The normalized spacial score (nSPS) is 43.4. The second-order valence-corrected chi connectivity index (χ2v) is 5.46. The van der Waals surface area contributed by atoms with E-state index in [4.69, 9.17) is 4.74 Å². The maximum Gasteiger partial charge on any atom is 0.145 e. The van der Waals surface area contributed by atoms with E-state index in [1.807, 2.05) is 0 Å². The number of fused-ring (bicyclic) bond motifs is 2. The molecule has 0 N–H and O–H groups in total. The first-order valence-electron chi connectivity index (χ1n) is 6.68. The minimum absolute atomic E-state index is 0.0712. The van der Waals surface area contributed by atoms with Gasteiger partial charge in [0.2, 0.25) is 0 Å². The fourth-order valence-corrected chi connectivity index (χ4v) is 3.55. The number of rotatable bonds is 0. The lowest BCUT2D eigenvalue weighted by atomic mass is 9.73. The topological polar surface area (TPSA) is 26.3 Å². The largest absolute Gasteiger partial charge is 0.377 e. The van der Waals surface area contributed by atoms with E-state index in [9.17, 15) is 4.79 Å². The smallest absolute Gasteiger partial charge is 0.145 e. The third-order valence-corrected chi connectivity index (χ3v) is 4.49. The van der Waals surface area contributed by atoms with Crippen LogP contribution < -0.4 is 0 Å². The minimum Gasteiger partial charge on any atom is -0.377 e. The quantitative estimate of drug-likeness (QED) is 0.587. The van der Waals surface area contributed by atoms with Crippen molar-refractivity contribution in [3.8, 4) is 0 Å². The summed E-state index contributed by atoms with van der Waals surface area (Å²) in [6.07, 6.45) is 11.4. The van der Waals surface area contributed by atoms with Gasteiger partial charge in [0.15, 0.2) is 0 Å². The van der Waals surface area contributed by atoms with Crippen LogP contribution in [-0.2, 0) is 9.53 Å². The SMILES string of the molecule is O=C1C2C=CCCC2OCC2CCCCC12. The summed E-state index contributed by atoms with van der Waals surface area (Å²) in [5.74, 6) is 1.36. The molecule has 16 heavy (non-hydrogen) atoms. The Kier molecular flexibility index (Phi) is 2.84. The van der Waals surface area contributed by atoms with E-state index >= 15 is 0 Å². The molecular formula is C14H20O2. The van der Waals surface area contributed by atoms with Gasteiger partial charge in [0, 0.05) is 5.92 Å². The second-order valence-electron chi connectivity index (χ2n) is 5.46. The molecule has 2 nitrogen and oxygen atoms in total. The van der Waals surface area contributed by atoms with Gasteiger partial charge in [0.25, 0.3) is 0 Å². The van der Waals surface area contributed by atoms with Crippen LogP contribution in [0.1, 0.15) is 38.5 Å². The Morgan fingerprint density at radius 3 is 3.00 bits per heavy atom. The number of hydrogen-bond donors (Lipinski definition) is 0. The first-order chi connectivity index (χ1) is 7.86. The zero-order chi connectivity index (χ0) is 11.0. The van der Waals surface area contributed by atoms with Crippen molar-refractivity contribution in [3.63, 3.8) is 0 Å². The molecule has 1 saturated heterocycles. The van der Waals surface area contributed by atoms with Crippen LogP contribution in [0.15, 0.2) is 12.2 Å². The molecule has 0 aromatic carbocycles. The average molecular weight is 220 g/mol. The molecule has 2 aliphatic carbocycles. The summed E-state index contributed by atoms with van der Waals surface area (Å²) >= 11 is 0. The summed E-state index contributed by atoms with van der Waals surface area (Å²) in [5.41, 5.74) is 0. The van der Waals surface area contributed by atoms with Crippen LogP contribution in [0.3, 0.4) is 0 Å². The van der Waals surface area contributed by atoms with Gasteiger partial charge in [-0.05, 0) is 31.6 Å². The highest BCUT2D eigenvalue weighted by Gasteiger charge is 2.41. The van der Waals surface area contributed by atoms with E-state index in [0.29, 0.717) is 17.6 Å². The Balaban J connectivity index is 1.85. The highest BCUT2D eigenvalue weighted by atomic mass is 16.5. The van der Waals surface area contributed by atoms with Gasteiger partial charge < -0.3 is 4.74 Å². The fraction of sp³-hybridized carbons (Fsp3) is 0.786. The number of Topliss-reactive ketones (excluding diaryl/α,β-unsaturated/α-hetero) is 1. The van der Waals surface area contributed by atoms with Crippen molar-refractivity contribution >= 4 is 5.78 Å². The number of carbonyl (C=O) groups excluding carboxylic acids is 1. The molecule has 2 fully saturated rings. The molecule has 0 amide bonds. The molecule has 88 valence electrons. The molecule has 4 atom stereocenters. The summed E-state index contributed by atoms with van der Waals surface area (Å²) in [4.78, 5) is 12.5. The minimum atomic E-state index is 0.0712. The summed E-state index contributed by atoms with van der Waals surface area (Å²) in [5, 5.41) is 0. The van der Waals surface area contributed by atoms with Crippen molar-refractivity contribution < 1.29 is 9.53 Å². The number of carbonyl (C=O) groups is 1.